The molecule has 2 rings (SSSR count). The molecule has 1 aliphatic rings. The second-order valence-electron chi connectivity index (χ2n) is 2.91. The predicted molar refractivity (Wildman–Crippen MR) is 54.6 cm³/mol. The molecule has 0 amide bonds. The van der Waals surface area contributed by atoms with E-state index in [1.807, 2.05) is 0 Å². The van der Waals surface area contributed by atoms with Crippen LogP contribution in [-0.2, 0) is 0 Å². The molecule has 0 atom stereocenters. The topological polar surface area (TPSA) is 35.5 Å². The first-order valence-electron chi connectivity index (χ1n) is 4.11. The molecule has 1 aromatic rings. The van der Waals surface area contributed by atoms with Crippen LogP contribution in [0.3, 0.4) is 0 Å². The van der Waals surface area contributed by atoms with Crippen LogP contribution in [0, 0.1) is 0 Å². The second kappa shape index (κ2) is 3.78. The van der Waals surface area contributed by atoms with Crippen LogP contribution >= 0.6 is 23.4 Å². The molecule has 0 aliphatic carbocycles. The van der Waals surface area contributed by atoms with Gasteiger partial charge in [0, 0.05) is 0 Å². The molecule has 1 aliphatic heterocycles. The van der Waals surface area contributed by atoms with Gasteiger partial charge < -0.3 is 9.47 Å². The van der Waals surface area contributed by atoms with Crippen molar-refractivity contribution in [2.24, 2.45) is 0 Å². The highest BCUT2D eigenvalue weighted by atomic mass is 35.5. The molecule has 3 nitrogen and oxygen atoms in total. The molecule has 86 valence electrons. The van der Waals surface area contributed by atoms with Gasteiger partial charge in [-0.3, -0.25) is 4.79 Å². The number of fused-ring (bicyclic) bond motifs is 1. The highest BCUT2D eigenvalue weighted by Crippen LogP contribution is 2.47. The number of hydrogen-bond donors (Lipinski definition) is 0. The van der Waals surface area contributed by atoms with E-state index < -0.39 is 11.5 Å². The fraction of sp³-hybridized carbons (Fsp3) is 0.222. The molecule has 0 bridgehead atoms. The standard InChI is InChI=1S/C9H5ClF2O3S/c1-16-7-4(8(10)13)2-3-5-6(7)15-9(11,12)14-5/h2-3H,1H3. The zero-order valence-corrected chi connectivity index (χ0v) is 9.49. The predicted octanol–water partition coefficient (Wildman–Crippen LogP) is 3.11. The Morgan fingerprint density at radius 2 is 2.12 bits per heavy atom. The first kappa shape index (κ1) is 11.5. The van der Waals surface area contributed by atoms with Gasteiger partial charge in [-0.05, 0) is 30.0 Å². The van der Waals surface area contributed by atoms with Crippen molar-refractivity contribution in [3.05, 3.63) is 17.7 Å². The quantitative estimate of drug-likeness (QED) is 0.609. The van der Waals surface area contributed by atoms with E-state index in [1.165, 1.54) is 12.1 Å². The number of rotatable bonds is 2. The summed E-state index contributed by atoms with van der Waals surface area (Å²) in [5, 5.41) is -0.731. The molecule has 7 heteroatoms. The molecule has 1 heterocycles. The third kappa shape index (κ3) is 1.82. The third-order valence-electron chi connectivity index (χ3n) is 1.94. The Hall–Kier alpha value is -1.01. The summed E-state index contributed by atoms with van der Waals surface area (Å²) in [6.45, 7) is 0. The summed E-state index contributed by atoms with van der Waals surface area (Å²) in [5.74, 6) is -0.250. The van der Waals surface area contributed by atoms with Crippen LogP contribution in [0.2, 0.25) is 0 Å². The Labute approximate surface area is 98.7 Å². The maximum atomic E-state index is 12.8. The van der Waals surface area contributed by atoms with Gasteiger partial charge in [-0.25, -0.2) is 0 Å². The van der Waals surface area contributed by atoms with E-state index in [0.29, 0.717) is 0 Å². The van der Waals surface area contributed by atoms with Gasteiger partial charge in [0.2, 0.25) is 0 Å². The summed E-state index contributed by atoms with van der Waals surface area (Å²) in [6.07, 6.45) is -2.07. The van der Waals surface area contributed by atoms with E-state index in [2.05, 4.69) is 9.47 Å². The minimum absolute atomic E-state index is 0.101. The number of carbonyl (C=O) groups excluding carboxylic acids is 1. The maximum absolute atomic E-state index is 12.8. The van der Waals surface area contributed by atoms with Gasteiger partial charge in [-0.15, -0.1) is 20.5 Å². The Kier molecular flexibility index (Phi) is 2.71. The van der Waals surface area contributed by atoms with Gasteiger partial charge in [0.25, 0.3) is 5.24 Å². The van der Waals surface area contributed by atoms with E-state index in [0.717, 1.165) is 11.8 Å². The average molecular weight is 267 g/mol. The van der Waals surface area contributed by atoms with Crippen LogP contribution in [0.5, 0.6) is 11.5 Å². The van der Waals surface area contributed by atoms with Crippen molar-refractivity contribution in [1.82, 2.24) is 0 Å². The smallest absolute Gasteiger partial charge is 0.395 e. The van der Waals surface area contributed by atoms with Crippen LogP contribution in [0.1, 0.15) is 10.4 Å². The average Bonchev–Trinajstić information content (AvgIpc) is 2.49. The molecule has 0 aromatic heterocycles. The summed E-state index contributed by atoms with van der Waals surface area (Å²) >= 11 is 6.41. The van der Waals surface area contributed by atoms with Crippen LogP contribution < -0.4 is 9.47 Å². The van der Waals surface area contributed by atoms with E-state index in [1.54, 1.807) is 6.26 Å². The van der Waals surface area contributed by atoms with Crippen LogP contribution in [0.4, 0.5) is 8.78 Å². The number of hydrogen-bond acceptors (Lipinski definition) is 4. The van der Waals surface area contributed by atoms with Gasteiger partial charge in [0.1, 0.15) is 0 Å². The molecule has 16 heavy (non-hydrogen) atoms. The number of carbonyl (C=O) groups is 1. The monoisotopic (exact) mass is 266 g/mol. The fourth-order valence-electron chi connectivity index (χ4n) is 1.35. The largest absolute Gasteiger partial charge is 0.586 e. The molecule has 0 unspecified atom stereocenters. The van der Waals surface area contributed by atoms with Gasteiger partial charge in [-0.2, -0.15) is 0 Å². The van der Waals surface area contributed by atoms with Gasteiger partial charge in [0.05, 0.1) is 10.5 Å². The number of halogens is 3. The number of ether oxygens (including phenoxy) is 2. The molecule has 0 fully saturated rings. The second-order valence-corrected chi connectivity index (χ2v) is 4.07. The van der Waals surface area contributed by atoms with Crippen molar-refractivity contribution in [2.75, 3.05) is 6.26 Å². The SMILES string of the molecule is CSc1c(C(=O)Cl)ccc2c1OC(F)(F)O2. The van der Waals surface area contributed by atoms with Crippen molar-refractivity contribution in [2.45, 2.75) is 11.2 Å². The lowest BCUT2D eigenvalue weighted by molar-refractivity contribution is -0.287. The Morgan fingerprint density at radius 1 is 1.44 bits per heavy atom. The molecular formula is C9H5ClF2O3S. The third-order valence-corrected chi connectivity index (χ3v) is 2.96. The molecule has 0 saturated heterocycles. The van der Waals surface area contributed by atoms with Crippen LogP contribution in [0.25, 0.3) is 0 Å². The van der Waals surface area contributed by atoms with Crippen molar-refractivity contribution in [3.63, 3.8) is 0 Å². The zero-order chi connectivity index (χ0) is 11.9. The number of alkyl halides is 2. The highest BCUT2D eigenvalue weighted by Gasteiger charge is 2.45. The zero-order valence-electron chi connectivity index (χ0n) is 7.92. The Morgan fingerprint density at radius 3 is 2.69 bits per heavy atom. The van der Waals surface area contributed by atoms with Gasteiger partial charge in [-0.1, -0.05) is 0 Å². The van der Waals surface area contributed by atoms with Gasteiger partial charge >= 0.3 is 6.29 Å². The van der Waals surface area contributed by atoms with E-state index in [-0.39, 0.29) is 22.0 Å². The van der Waals surface area contributed by atoms with Crippen molar-refractivity contribution >= 4 is 28.6 Å². The lowest BCUT2D eigenvalue weighted by Crippen LogP contribution is -2.26. The van der Waals surface area contributed by atoms with Crippen LogP contribution in [0.15, 0.2) is 17.0 Å². The normalized spacial score (nSPS) is 16.2. The first-order chi connectivity index (χ1) is 7.44. The summed E-state index contributed by atoms with van der Waals surface area (Å²) < 4.78 is 34.2. The molecule has 0 saturated carbocycles. The fourth-order valence-corrected chi connectivity index (χ4v) is 2.27. The molecule has 0 spiro atoms. The van der Waals surface area contributed by atoms with Crippen molar-refractivity contribution < 1.29 is 23.0 Å². The molecule has 1 aromatic carbocycles. The van der Waals surface area contributed by atoms with E-state index in [9.17, 15) is 13.6 Å². The Bertz CT molecular complexity index is 464. The summed E-state index contributed by atoms with van der Waals surface area (Å²) in [6, 6.07) is 2.55. The first-order valence-corrected chi connectivity index (χ1v) is 5.71. The maximum Gasteiger partial charge on any atom is 0.586 e. The Balaban J connectivity index is 2.56. The van der Waals surface area contributed by atoms with E-state index in [4.69, 9.17) is 11.6 Å². The van der Waals surface area contributed by atoms with Crippen molar-refractivity contribution in [3.8, 4) is 11.5 Å². The minimum Gasteiger partial charge on any atom is -0.395 e. The molecule has 0 N–H and O–H groups in total. The van der Waals surface area contributed by atoms with Gasteiger partial charge in [0.15, 0.2) is 11.5 Å². The van der Waals surface area contributed by atoms with Crippen molar-refractivity contribution in [1.29, 1.82) is 0 Å². The number of benzene rings is 1. The lowest BCUT2D eigenvalue weighted by atomic mass is 10.2. The summed E-state index contributed by atoms with van der Waals surface area (Å²) in [7, 11) is 0. The van der Waals surface area contributed by atoms with E-state index >= 15 is 0 Å². The summed E-state index contributed by atoms with van der Waals surface area (Å²) in [5.41, 5.74) is 0.120. The number of thioether (sulfide) groups is 1. The van der Waals surface area contributed by atoms with Crippen LogP contribution in [-0.4, -0.2) is 17.8 Å². The molecular weight excluding hydrogens is 262 g/mol. The molecule has 0 radical (unpaired) electrons. The minimum atomic E-state index is -3.69. The summed E-state index contributed by atoms with van der Waals surface area (Å²) in [4.78, 5) is 11.3. The highest BCUT2D eigenvalue weighted by molar-refractivity contribution is 7.98. The lowest BCUT2D eigenvalue weighted by Gasteiger charge is -2.07.